The molecule has 0 aliphatic rings. The predicted octanol–water partition coefficient (Wildman–Crippen LogP) is 17.7. The van der Waals surface area contributed by atoms with Gasteiger partial charge in [-0.1, -0.05) is 264 Å². The molecule has 0 aliphatic heterocycles. The summed E-state index contributed by atoms with van der Waals surface area (Å²) >= 11 is 0. The third kappa shape index (κ3) is 52.1. The van der Waals surface area contributed by atoms with Crippen LogP contribution in [0.4, 0.5) is 0 Å². The van der Waals surface area contributed by atoms with Gasteiger partial charge in [-0.15, -0.1) is 0 Å². The fourth-order valence-electron chi connectivity index (χ4n) is 8.63. The topological polar surface area (TPSA) is 134 Å². The van der Waals surface area contributed by atoms with E-state index in [4.69, 9.17) is 24.3 Å². The highest BCUT2D eigenvalue weighted by atomic mass is 31.2. The van der Waals surface area contributed by atoms with E-state index in [9.17, 15) is 19.0 Å². The second-order valence-corrected chi connectivity index (χ2v) is 21.0. The Labute approximate surface area is 409 Å². The van der Waals surface area contributed by atoms with Gasteiger partial charge in [0.15, 0.2) is 6.10 Å². The minimum atomic E-state index is -4.38. The smallest absolute Gasteiger partial charge is 0.462 e. The average Bonchev–Trinajstić information content (AvgIpc) is 3.31. The molecule has 0 saturated heterocycles. The van der Waals surface area contributed by atoms with Gasteiger partial charge in [-0.25, -0.2) is 4.57 Å². The molecule has 3 N–H and O–H groups in total. The maximum Gasteiger partial charge on any atom is 0.472 e. The molecular weight excluding hydrogens is 846 g/mol. The van der Waals surface area contributed by atoms with Crippen molar-refractivity contribution in [1.82, 2.24) is 0 Å². The zero-order valence-electron chi connectivity index (χ0n) is 43.7. The first-order valence-electron chi connectivity index (χ1n) is 28.7. The summed E-state index contributed by atoms with van der Waals surface area (Å²) in [6.45, 7) is 3.75. The lowest BCUT2D eigenvalue weighted by atomic mass is 10.0. The zero-order valence-corrected chi connectivity index (χ0v) is 44.6. The molecule has 0 spiro atoms. The van der Waals surface area contributed by atoms with E-state index in [0.29, 0.717) is 6.42 Å². The Morgan fingerprint density at radius 3 is 1.11 bits per heavy atom. The number of esters is 2. The summed E-state index contributed by atoms with van der Waals surface area (Å²) < 4.78 is 32.9. The number of allylic oxidation sites excluding steroid dienone is 2. The van der Waals surface area contributed by atoms with E-state index < -0.39 is 26.5 Å². The number of nitrogens with two attached hydrogens (primary N) is 1. The summed E-state index contributed by atoms with van der Waals surface area (Å²) in [7, 11) is -4.38. The van der Waals surface area contributed by atoms with Gasteiger partial charge < -0.3 is 20.1 Å². The number of carbonyl (C=O) groups is 2. The molecule has 0 radical (unpaired) electrons. The molecule has 0 fully saturated rings. The molecule has 10 heteroatoms. The first-order valence-corrected chi connectivity index (χ1v) is 30.2. The third-order valence-electron chi connectivity index (χ3n) is 12.9. The molecule has 0 aromatic heterocycles. The van der Waals surface area contributed by atoms with Gasteiger partial charge in [-0.05, 0) is 38.5 Å². The van der Waals surface area contributed by atoms with Gasteiger partial charge >= 0.3 is 19.8 Å². The van der Waals surface area contributed by atoms with Crippen LogP contribution in [0.2, 0.25) is 0 Å². The molecule has 9 nitrogen and oxygen atoms in total. The van der Waals surface area contributed by atoms with Crippen LogP contribution in [0.5, 0.6) is 0 Å². The van der Waals surface area contributed by atoms with E-state index in [1.165, 1.54) is 212 Å². The van der Waals surface area contributed by atoms with E-state index in [1.807, 2.05) is 0 Å². The first kappa shape index (κ1) is 64.8. The molecule has 0 aromatic rings. The van der Waals surface area contributed by atoms with Crippen molar-refractivity contribution in [3.63, 3.8) is 0 Å². The molecule has 0 rings (SSSR count). The third-order valence-corrected chi connectivity index (χ3v) is 13.9. The number of unbranched alkanes of at least 4 members (excludes halogenated alkanes) is 40. The van der Waals surface area contributed by atoms with Gasteiger partial charge in [0, 0.05) is 19.4 Å². The Morgan fingerprint density at radius 1 is 0.439 bits per heavy atom. The minimum Gasteiger partial charge on any atom is -0.462 e. The van der Waals surface area contributed by atoms with Crippen molar-refractivity contribution < 1.29 is 37.6 Å². The molecule has 66 heavy (non-hydrogen) atoms. The number of hydrogen-bond donors (Lipinski definition) is 2. The van der Waals surface area contributed by atoms with Crippen LogP contribution in [-0.2, 0) is 32.7 Å². The van der Waals surface area contributed by atoms with Gasteiger partial charge in [0.25, 0.3) is 0 Å². The lowest BCUT2D eigenvalue weighted by Crippen LogP contribution is -2.29. The summed E-state index contributed by atoms with van der Waals surface area (Å²) in [5, 5.41) is 0. The number of phosphoric acid groups is 1. The summed E-state index contributed by atoms with van der Waals surface area (Å²) in [6, 6.07) is 0. The fourth-order valence-corrected chi connectivity index (χ4v) is 9.40. The van der Waals surface area contributed by atoms with Crippen LogP contribution >= 0.6 is 7.82 Å². The summed E-state index contributed by atoms with van der Waals surface area (Å²) in [5.74, 6) is -0.823. The fraction of sp³-hybridized carbons (Fsp3) is 0.929. The SMILES string of the molecule is CCCCC/C=C\CCCCCCCC(=O)OC(COC(=O)CCCCCCCCCCCCCCCCCCCCCCCCCCCCCCCCCCC)COP(=O)(O)OCCN. The Bertz CT molecular complexity index is 1090. The largest absolute Gasteiger partial charge is 0.472 e. The first-order chi connectivity index (χ1) is 32.3. The molecule has 0 aliphatic carbocycles. The van der Waals surface area contributed by atoms with Crippen molar-refractivity contribution in [3.8, 4) is 0 Å². The number of phosphoric ester groups is 1. The number of carbonyl (C=O) groups excluding carboxylic acids is 2. The highest BCUT2D eigenvalue weighted by molar-refractivity contribution is 7.47. The monoisotopic (exact) mass is 956 g/mol. The Morgan fingerprint density at radius 2 is 0.742 bits per heavy atom. The predicted molar refractivity (Wildman–Crippen MR) is 280 cm³/mol. The van der Waals surface area contributed by atoms with Crippen molar-refractivity contribution in [1.29, 1.82) is 0 Å². The lowest BCUT2D eigenvalue weighted by Gasteiger charge is -2.19. The van der Waals surface area contributed by atoms with Crippen LogP contribution in [-0.4, -0.2) is 49.3 Å². The molecule has 0 bridgehead atoms. The van der Waals surface area contributed by atoms with E-state index >= 15 is 0 Å². The van der Waals surface area contributed by atoms with Crippen LogP contribution in [0.1, 0.15) is 303 Å². The highest BCUT2D eigenvalue weighted by Gasteiger charge is 2.26. The van der Waals surface area contributed by atoms with Crippen molar-refractivity contribution >= 4 is 19.8 Å². The van der Waals surface area contributed by atoms with Crippen LogP contribution in [0.25, 0.3) is 0 Å². The van der Waals surface area contributed by atoms with Gasteiger partial charge in [0.1, 0.15) is 6.61 Å². The van der Waals surface area contributed by atoms with Gasteiger partial charge in [-0.2, -0.15) is 0 Å². The van der Waals surface area contributed by atoms with Gasteiger partial charge in [0.05, 0.1) is 13.2 Å². The lowest BCUT2D eigenvalue weighted by molar-refractivity contribution is -0.161. The summed E-state index contributed by atoms with van der Waals surface area (Å²) in [6.07, 6.45) is 60.2. The van der Waals surface area contributed by atoms with E-state index in [1.54, 1.807) is 0 Å². The Kier molecular flexibility index (Phi) is 52.1. The Hall–Kier alpha value is -1.25. The second-order valence-electron chi connectivity index (χ2n) is 19.5. The van der Waals surface area contributed by atoms with Crippen LogP contribution in [0.15, 0.2) is 12.2 Å². The summed E-state index contributed by atoms with van der Waals surface area (Å²) in [5.41, 5.74) is 5.36. The molecule has 0 aromatic carbocycles. The molecule has 2 atom stereocenters. The molecule has 392 valence electrons. The molecule has 0 amide bonds. The van der Waals surface area contributed by atoms with Crippen molar-refractivity contribution in [2.45, 2.75) is 309 Å². The van der Waals surface area contributed by atoms with E-state index in [2.05, 4.69) is 26.0 Å². The average molecular weight is 956 g/mol. The van der Waals surface area contributed by atoms with Crippen LogP contribution < -0.4 is 5.73 Å². The number of rotatable bonds is 55. The minimum absolute atomic E-state index is 0.0550. The van der Waals surface area contributed by atoms with Crippen molar-refractivity contribution in [2.24, 2.45) is 5.73 Å². The van der Waals surface area contributed by atoms with Gasteiger partial charge in [-0.3, -0.25) is 18.6 Å². The maximum atomic E-state index is 12.6. The molecule has 2 unspecified atom stereocenters. The zero-order chi connectivity index (χ0) is 48.1. The van der Waals surface area contributed by atoms with Crippen LogP contribution in [0, 0.1) is 0 Å². The normalized spacial score (nSPS) is 13.1. The molecule has 0 heterocycles. The van der Waals surface area contributed by atoms with E-state index in [-0.39, 0.29) is 38.6 Å². The van der Waals surface area contributed by atoms with Crippen LogP contribution in [0.3, 0.4) is 0 Å². The Balaban J connectivity index is 3.75. The molecular formula is C56H110NO8P. The number of ether oxygens (including phenoxy) is 2. The van der Waals surface area contributed by atoms with Gasteiger partial charge in [0.2, 0.25) is 0 Å². The quantitative estimate of drug-likeness (QED) is 0.0264. The van der Waals surface area contributed by atoms with Crippen molar-refractivity contribution in [3.05, 3.63) is 12.2 Å². The highest BCUT2D eigenvalue weighted by Crippen LogP contribution is 2.43. The van der Waals surface area contributed by atoms with E-state index in [0.717, 1.165) is 57.8 Å². The number of hydrogen-bond acceptors (Lipinski definition) is 8. The second kappa shape index (κ2) is 53.1. The maximum absolute atomic E-state index is 12.6. The molecule has 0 saturated carbocycles. The summed E-state index contributed by atoms with van der Waals surface area (Å²) in [4.78, 5) is 35.0. The van der Waals surface area contributed by atoms with Crippen molar-refractivity contribution in [2.75, 3.05) is 26.4 Å². The standard InChI is InChI=1S/C56H110NO8P/c1-3-5-7-9-11-13-15-17-18-19-20-21-22-23-24-25-26-27-28-29-30-31-32-33-34-35-36-37-39-40-42-44-46-48-55(58)62-52-54(53-64-66(60,61)63-51-50-57)65-56(59)49-47-45-43-41-38-16-14-12-10-8-6-4-2/h12,14,54H,3-11,13,15-53,57H2,1-2H3,(H,60,61)/b14-12-.